The molecule has 0 aromatic carbocycles. The molecule has 2 N–H and O–H groups in total. The second kappa shape index (κ2) is 3.94. The Morgan fingerprint density at radius 2 is 2.40 bits per heavy atom. The molecular formula is C9H14N2O3S. The van der Waals surface area contributed by atoms with E-state index in [1.807, 2.05) is 0 Å². The van der Waals surface area contributed by atoms with Crippen LogP contribution < -0.4 is 5.73 Å². The first kappa shape index (κ1) is 10.6. The summed E-state index contributed by atoms with van der Waals surface area (Å²) in [6.07, 6.45) is 3.39. The van der Waals surface area contributed by atoms with Crippen LogP contribution in [0.2, 0.25) is 0 Å². The van der Waals surface area contributed by atoms with E-state index in [2.05, 4.69) is 4.98 Å². The van der Waals surface area contributed by atoms with Crippen molar-refractivity contribution in [2.75, 3.05) is 5.75 Å². The maximum atomic E-state index is 11.5. The van der Waals surface area contributed by atoms with Crippen molar-refractivity contribution in [1.82, 2.24) is 4.98 Å². The second-order valence-electron chi connectivity index (χ2n) is 3.76. The predicted molar refractivity (Wildman–Crippen MR) is 54.9 cm³/mol. The third-order valence-corrected chi connectivity index (χ3v) is 4.94. The lowest BCUT2D eigenvalue weighted by atomic mass is 10.2. The molecule has 0 bridgehead atoms. The van der Waals surface area contributed by atoms with Gasteiger partial charge >= 0.3 is 0 Å². The first-order valence-electron chi connectivity index (χ1n) is 4.97. The highest BCUT2D eigenvalue weighted by Gasteiger charge is 2.32. The van der Waals surface area contributed by atoms with Crippen molar-refractivity contribution in [2.24, 2.45) is 5.73 Å². The van der Waals surface area contributed by atoms with Gasteiger partial charge in [0.1, 0.15) is 5.76 Å². The Bertz CT molecular complexity index is 438. The summed E-state index contributed by atoms with van der Waals surface area (Å²) in [4.78, 5) is 4.00. The lowest BCUT2D eigenvalue weighted by molar-refractivity contribution is 0.449. The lowest BCUT2D eigenvalue weighted by Gasteiger charge is -2.05. The highest BCUT2D eigenvalue weighted by Crippen LogP contribution is 2.23. The third kappa shape index (κ3) is 2.21. The maximum Gasteiger partial charge on any atom is 0.195 e. The normalized spacial score (nSPS) is 24.5. The Labute approximate surface area is 88.6 Å². The summed E-state index contributed by atoms with van der Waals surface area (Å²) in [5.41, 5.74) is 5.37. The van der Waals surface area contributed by atoms with Gasteiger partial charge in [0.2, 0.25) is 0 Å². The van der Waals surface area contributed by atoms with Gasteiger partial charge in [-0.05, 0) is 12.8 Å². The molecule has 1 atom stereocenters. The minimum absolute atomic E-state index is 0.294. The quantitative estimate of drug-likeness (QED) is 0.804. The first-order chi connectivity index (χ1) is 7.12. The number of nitrogens with two attached hydrogens (primary N) is 1. The first-order valence-corrected chi connectivity index (χ1v) is 6.68. The van der Waals surface area contributed by atoms with Crippen LogP contribution in [0.1, 0.15) is 24.5 Å². The number of hydrogen-bond donors (Lipinski definition) is 1. The van der Waals surface area contributed by atoms with Crippen LogP contribution in [0.15, 0.2) is 10.6 Å². The zero-order valence-electron chi connectivity index (χ0n) is 8.35. The zero-order chi connectivity index (χ0) is 10.9. The molecule has 1 aliphatic heterocycles. The molecular weight excluding hydrogens is 216 g/mol. The van der Waals surface area contributed by atoms with Crippen molar-refractivity contribution in [3.05, 3.63) is 17.8 Å². The molecule has 1 aromatic rings. The highest BCUT2D eigenvalue weighted by molar-refractivity contribution is 7.92. The number of aromatic nitrogens is 1. The van der Waals surface area contributed by atoms with E-state index in [9.17, 15) is 8.42 Å². The minimum atomic E-state index is -2.91. The van der Waals surface area contributed by atoms with Gasteiger partial charge in [-0.25, -0.2) is 13.4 Å². The summed E-state index contributed by atoms with van der Waals surface area (Å²) in [5.74, 6) is 1.37. The Balaban J connectivity index is 2.09. The van der Waals surface area contributed by atoms with Gasteiger partial charge in [-0.2, -0.15) is 0 Å². The maximum absolute atomic E-state index is 11.5. The molecule has 0 saturated carbocycles. The predicted octanol–water partition coefficient (Wildman–Crippen LogP) is 0.253. The van der Waals surface area contributed by atoms with Gasteiger partial charge in [-0.3, -0.25) is 0 Å². The summed E-state index contributed by atoms with van der Waals surface area (Å²) in [5, 5.41) is -0.318. The van der Waals surface area contributed by atoms with Crippen molar-refractivity contribution in [1.29, 1.82) is 0 Å². The average molecular weight is 230 g/mol. The molecule has 15 heavy (non-hydrogen) atoms. The summed E-state index contributed by atoms with van der Waals surface area (Å²) in [6, 6.07) is 0. The zero-order valence-corrected chi connectivity index (χ0v) is 9.16. The molecule has 2 heterocycles. The Hall–Kier alpha value is -0.880. The monoisotopic (exact) mass is 230 g/mol. The van der Waals surface area contributed by atoms with Crippen LogP contribution in [0.5, 0.6) is 0 Å². The molecule has 5 nitrogen and oxygen atoms in total. The van der Waals surface area contributed by atoms with Crippen LogP contribution in [0.25, 0.3) is 0 Å². The van der Waals surface area contributed by atoms with E-state index >= 15 is 0 Å². The van der Waals surface area contributed by atoms with Gasteiger partial charge in [0, 0.05) is 6.42 Å². The molecule has 1 unspecified atom stereocenters. The van der Waals surface area contributed by atoms with Crippen LogP contribution in [0, 0.1) is 0 Å². The molecule has 0 radical (unpaired) electrons. The van der Waals surface area contributed by atoms with Crippen LogP contribution in [0.4, 0.5) is 0 Å². The van der Waals surface area contributed by atoms with Gasteiger partial charge < -0.3 is 10.2 Å². The van der Waals surface area contributed by atoms with E-state index in [0.29, 0.717) is 36.8 Å². The molecule has 1 fully saturated rings. The third-order valence-electron chi connectivity index (χ3n) is 2.67. The van der Waals surface area contributed by atoms with E-state index in [1.54, 1.807) is 6.20 Å². The molecule has 1 saturated heterocycles. The molecule has 84 valence electrons. The topological polar surface area (TPSA) is 86.2 Å². The fourth-order valence-electron chi connectivity index (χ4n) is 1.82. The Kier molecular flexibility index (Phi) is 2.79. The molecule has 0 spiro atoms. The number of nitrogens with zero attached hydrogens (tertiary/aromatic N) is 1. The van der Waals surface area contributed by atoms with Crippen LogP contribution in [0.3, 0.4) is 0 Å². The number of oxazole rings is 1. The number of hydrogen-bond acceptors (Lipinski definition) is 5. The fourth-order valence-corrected chi connectivity index (χ4v) is 3.64. The summed E-state index contributed by atoms with van der Waals surface area (Å²) >= 11 is 0. The van der Waals surface area contributed by atoms with E-state index < -0.39 is 9.84 Å². The Morgan fingerprint density at radius 1 is 1.60 bits per heavy atom. The second-order valence-corrected chi connectivity index (χ2v) is 6.16. The van der Waals surface area contributed by atoms with Gasteiger partial charge in [0.25, 0.3) is 0 Å². The van der Waals surface area contributed by atoms with Crippen molar-refractivity contribution in [3.63, 3.8) is 0 Å². The lowest BCUT2D eigenvalue weighted by Crippen LogP contribution is -2.18. The van der Waals surface area contributed by atoms with E-state index in [1.165, 1.54) is 0 Å². The minimum Gasteiger partial charge on any atom is -0.444 e. The largest absolute Gasteiger partial charge is 0.444 e. The molecule has 6 heteroatoms. The van der Waals surface area contributed by atoms with Crippen molar-refractivity contribution >= 4 is 9.84 Å². The standard InChI is InChI=1S/C9H14N2O3S/c10-5-7-6-11-9(14-7)4-8-2-1-3-15(8,12)13/h6,8H,1-5,10H2. The number of sulfone groups is 1. The van der Waals surface area contributed by atoms with Crippen molar-refractivity contribution in [3.8, 4) is 0 Å². The van der Waals surface area contributed by atoms with Crippen molar-refractivity contribution in [2.45, 2.75) is 31.1 Å². The average Bonchev–Trinajstić information content (AvgIpc) is 2.75. The van der Waals surface area contributed by atoms with Crippen LogP contribution in [-0.4, -0.2) is 24.4 Å². The Morgan fingerprint density at radius 3 is 2.93 bits per heavy atom. The van der Waals surface area contributed by atoms with E-state index in [0.717, 1.165) is 6.42 Å². The number of rotatable bonds is 3. The SMILES string of the molecule is NCc1cnc(CC2CCCS2(=O)=O)o1. The van der Waals surface area contributed by atoms with E-state index in [4.69, 9.17) is 10.2 Å². The summed E-state index contributed by atoms with van der Waals surface area (Å²) in [6.45, 7) is 0.296. The smallest absolute Gasteiger partial charge is 0.195 e. The molecule has 0 amide bonds. The highest BCUT2D eigenvalue weighted by atomic mass is 32.2. The molecule has 2 rings (SSSR count). The van der Waals surface area contributed by atoms with Gasteiger partial charge in [0.05, 0.1) is 23.7 Å². The molecule has 0 aliphatic carbocycles. The van der Waals surface area contributed by atoms with E-state index in [-0.39, 0.29) is 5.25 Å². The molecule has 1 aromatic heterocycles. The van der Waals surface area contributed by atoms with Gasteiger partial charge in [-0.15, -0.1) is 0 Å². The van der Waals surface area contributed by atoms with Crippen molar-refractivity contribution < 1.29 is 12.8 Å². The molecule has 1 aliphatic rings. The fraction of sp³-hybridized carbons (Fsp3) is 0.667. The van der Waals surface area contributed by atoms with Crippen LogP contribution in [-0.2, 0) is 22.8 Å². The summed E-state index contributed by atoms with van der Waals surface area (Å²) in [7, 11) is -2.91. The summed E-state index contributed by atoms with van der Waals surface area (Å²) < 4.78 is 28.4. The van der Waals surface area contributed by atoms with Gasteiger partial charge in [-0.1, -0.05) is 0 Å². The van der Waals surface area contributed by atoms with Gasteiger partial charge in [0.15, 0.2) is 15.7 Å². The van der Waals surface area contributed by atoms with Crippen LogP contribution >= 0.6 is 0 Å².